The van der Waals surface area contributed by atoms with Gasteiger partial charge in [0.2, 0.25) is 10.0 Å². The van der Waals surface area contributed by atoms with Gasteiger partial charge < -0.3 is 4.90 Å². The van der Waals surface area contributed by atoms with Crippen LogP contribution in [0, 0.1) is 0 Å². The molecule has 0 saturated carbocycles. The fourth-order valence-corrected chi connectivity index (χ4v) is 3.58. The number of hydrogen-bond donors (Lipinski definition) is 0. The number of amides is 1. The maximum Gasteiger partial charge on any atom is 0.259 e. The number of benzene rings is 2. The highest BCUT2D eigenvalue weighted by Crippen LogP contribution is 2.26. The van der Waals surface area contributed by atoms with Crippen LogP contribution in [0.5, 0.6) is 0 Å². The first-order chi connectivity index (χ1) is 12.3. The zero-order valence-electron chi connectivity index (χ0n) is 15.1. The molecule has 0 atom stereocenters. The van der Waals surface area contributed by atoms with Gasteiger partial charge in [-0.1, -0.05) is 43.1 Å². The van der Waals surface area contributed by atoms with Crippen molar-refractivity contribution in [2.75, 3.05) is 25.5 Å². The number of sulfonamides is 1. The summed E-state index contributed by atoms with van der Waals surface area (Å²) in [6.07, 6.45) is 1.76. The van der Waals surface area contributed by atoms with Crippen LogP contribution in [0.15, 0.2) is 53.4 Å². The molecule has 0 aromatic heterocycles. The van der Waals surface area contributed by atoms with Crippen LogP contribution in [0.2, 0.25) is 5.02 Å². The molecule has 0 unspecified atom stereocenters. The summed E-state index contributed by atoms with van der Waals surface area (Å²) in [5, 5.41) is 0.227. The van der Waals surface area contributed by atoms with E-state index in [0.717, 1.165) is 22.8 Å². The average Bonchev–Trinajstić information content (AvgIpc) is 2.62. The number of carbonyl (C=O) groups excluding carboxylic acids is 1. The topological polar surface area (TPSA) is 57.7 Å². The first-order valence-corrected chi connectivity index (χ1v) is 10.2. The van der Waals surface area contributed by atoms with Gasteiger partial charge in [-0.15, -0.1) is 0 Å². The Morgan fingerprint density at radius 3 is 2.31 bits per heavy atom. The molecule has 2 aromatic carbocycles. The van der Waals surface area contributed by atoms with Crippen LogP contribution in [-0.2, 0) is 10.0 Å². The Balaban J connectivity index is 2.48. The molecule has 1 amide bonds. The molecule has 2 rings (SSSR count). The maximum absolute atomic E-state index is 13.2. The lowest BCUT2D eigenvalue weighted by atomic mass is 10.1. The molecule has 2 aromatic rings. The van der Waals surface area contributed by atoms with E-state index in [9.17, 15) is 13.2 Å². The first kappa shape index (κ1) is 20.4. The highest BCUT2D eigenvalue weighted by atomic mass is 35.5. The normalized spacial score (nSPS) is 11.6. The SMILES string of the molecule is CCCCN(C(=O)c1cc(S(=O)(=O)N(C)C)ccc1Cl)c1ccccc1. The molecule has 5 nitrogen and oxygen atoms in total. The van der Waals surface area contributed by atoms with Gasteiger partial charge in [-0.25, -0.2) is 12.7 Å². The standard InChI is InChI=1S/C19H23ClN2O3S/c1-4-5-13-22(15-9-7-6-8-10-15)19(23)17-14-16(11-12-18(17)20)26(24,25)21(2)3/h6-12,14H,4-5,13H2,1-3H3. The quantitative estimate of drug-likeness (QED) is 0.712. The lowest BCUT2D eigenvalue weighted by Gasteiger charge is -2.23. The van der Waals surface area contributed by atoms with E-state index in [0.29, 0.717) is 6.54 Å². The number of rotatable bonds is 7. The van der Waals surface area contributed by atoms with Crippen molar-refractivity contribution < 1.29 is 13.2 Å². The molecule has 0 spiro atoms. The molecular formula is C19H23ClN2O3S. The van der Waals surface area contributed by atoms with Crippen LogP contribution in [0.25, 0.3) is 0 Å². The fraction of sp³-hybridized carbons (Fsp3) is 0.316. The van der Waals surface area contributed by atoms with Gasteiger partial charge >= 0.3 is 0 Å². The second-order valence-electron chi connectivity index (χ2n) is 6.07. The lowest BCUT2D eigenvalue weighted by Crippen LogP contribution is -2.32. The maximum atomic E-state index is 13.2. The van der Waals surface area contributed by atoms with Crippen LogP contribution in [0.3, 0.4) is 0 Å². The van der Waals surface area contributed by atoms with Crippen LogP contribution in [0.1, 0.15) is 30.1 Å². The minimum atomic E-state index is -3.65. The summed E-state index contributed by atoms with van der Waals surface area (Å²) in [6, 6.07) is 13.5. The number of hydrogen-bond acceptors (Lipinski definition) is 3. The number of para-hydroxylation sites is 1. The molecule has 140 valence electrons. The van der Waals surface area contributed by atoms with Crippen LogP contribution in [0.4, 0.5) is 5.69 Å². The number of nitrogens with zero attached hydrogens (tertiary/aromatic N) is 2. The van der Waals surface area contributed by atoms with E-state index in [-0.39, 0.29) is 21.4 Å². The van der Waals surface area contributed by atoms with Gasteiger partial charge in [0.25, 0.3) is 5.91 Å². The van der Waals surface area contributed by atoms with E-state index in [1.165, 1.54) is 32.3 Å². The second kappa shape index (κ2) is 8.66. The molecule has 0 bridgehead atoms. The number of unbranched alkanes of at least 4 members (excludes halogenated alkanes) is 1. The summed E-state index contributed by atoms with van der Waals surface area (Å²) < 4.78 is 25.9. The van der Waals surface area contributed by atoms with E-state index in [1.807, 2.05) is 37.3 Å². The van der Waals surface area contributed by atoms with Crippen LogP contribution in [-0.4, -0.2) is 39.3 Å². The Labute approximate surface area is 160 Å². The van der Waals surface area contributed by atoms with E-state index < -0.39 is 10.0 Å². The number of carbonyl (C=O) groups is 1. The van der Waals surface area contributed by atoms with Crippen molar-refractivity contribution in [3.8, 4) is 0 Å². The Kier molecular flexibility index (Phi) is 6.81. The zero-order chi connectivity index (χ0) is 19.3. The van der Waals surface area contributed by atoms with E-state index >= 15 is 0 Å². The molecule has 0 aliphatic carbocycles. The highest BCUT2D eigenvalue weighted by molar-refractivity contribution is 7.89. The van der Waals surface area contributed by atoms with Gasteiger partial charge in [-0.3, -0.25) is 4.79 Å². The molecule has 0 aliphatic heterocycles. The summed E-state index contributed by atoms with van der Waals surface area (Å²) in [5.74, 6) is -0.314. The van der Waals surface area contributed by atoms with Gasteiger partial charge in [-0.2, -0.15) is 0 Å². The summed E-state index contributed by atoms with van der Waals surface area (Å²) in [5.41, 5.74) is 0.928. The van der Waals surface area contributed by atoms with Crippen molar-refractivity contribution in [1.82, 2.24) is 4.31 Å². The summed E-state index contributed by atoms with van der Waals surface area (Å²) in [6.45, 7) is 2.57. The van der Waals surface area contributed by atoms with Gasteiger partial charge in [0.15, 0.2) is 0 Å². The molecule has 0 heterocycles. The Bertz CT molecular complexity index is 868. The molecule has 26 heavy (non-hydrogen) atoms. The van der Waals surface area contributed by atoms with Crippen molar-refractivity contribution in [1.29, 1.82) is 0 Å². The molecule has 7 heteroatoms. The third-order valence-corrected chi connectivity index (χ3v) is 6.14. The molecule has 0 N–H and O–H groups in total. The lowest BCUT2D eigenvalue weighted by molar-refractivity contribution is 0.0986. The van der Waals surface area contributed by atoms with Gasteiger partial charge in [-0.05, 0) is 36.8 Å². The smallest absolute Gasteiger partial charge is 0.259 e. The van der Waals surface area contributed by atoms with Gasteiger partial charge in [0.05, 0.1) is 15.5 Å². The van der Waals surface area contributed by atoms with Crippen LogP contribution < -0.4 is 4.90 Å². The Morgan fingerprint density at radius 2 is 1.73 bits per heavy atom. The molecule has 0 fully saturated rings. The molecular weight excluding hydrogens is 372 g/mol. The number of anilines is 1. The monoisotopic (exact) mass is 394 g/mol. The van der Waals surface area contributed by atoms with Crippen molar-refractivity contribution in [2.45, 2.75) is 24.7 Å². The summed E-state index contributed by atoms with van der Waals surface area (Å²) in [7, 11) is -0.758. The van der Waals surface area contributed by atoms with Crippen molar-refractivity contribution in [3.05, 3.63) is 59.1 Å². The third-order valence-electron chi connectivity index (χ3n) is 4.00. The van der Waals surface area contributed by atoms with Crippen molar-refractivity contribution in [2.24, 2.45) is 0 Å². The van der Waals surface area contributed by atoms with E-state index in [2.05, 4.69) is 0 Å². The predicted molar refractivity (Wildman–Crippen MR) is 105 cm³/mol. The minimum absolute atomic E-state index is 0.0405. The second-order valence-corrected chi connectivity index (χ2v) is 8.63. The average molecular weight is 395 g/mol. The van der Waals surface area contributed by atoms with Gasteiger partial charge in [0, 0.05) is 26.3 Å². The summed E-state index contributed by atoms with van der Waals surface area (Å²) >= 11 is 6.23. The Hall–Kier alpha value is -1.89. The molecule has 0 aliphatic rings. The Morgan fingerprint density at radius 1 is 1.08 bits per heavy atom. The fourth-order valence-electron chi connectivity index (χ4n) is 2.46. The van der Waals surface area contributed by atoms with Crippen LogP contribution >= 0.6 is 11.6 Å². The number of halogens is 1. The third kappa shape index (κ3) is 4.44. The van der Waals surface area contributed by atoms with E-state index in [4.69, 9.17) is 11.6 Å². The van der Waals surface area contributed by atoms with E-state index in [1.54, 1.807) is 4.90 Å². The first-order valence-electron chi connectivity index (χ1n) is 8.38. The van der Waals surface area contributed by atoms with Crippen molar-refractivity contribution in [3.63, 3.8) is 0 Å². The van der Waals surface area contributed by atoms with Crippen molar-refractivity contribution >= 4 is 33.2 Å². The largest absolute Gasteiger partial charge is 0.308 e. The van der Waals surface area contributed by atoms with Gasteiger partial charge in [0.1, 0.15) is 0 Å². The summed E-state index contributed by atoms with van der Waals surface area (Å²) in [4.78, 5) is 14.8. The minimum Gasteiger partial charge on any atom is -0.308 e. The zero-order valence-corrected chi connectivity index (χ0v) is 16.7. The predicted octanol–water partition coefficient (Wildman–Crippen LogP) is 4.04. The molecule has 0 radical (unpaired) electrons. The molecule has 0 saturated heterocycles. The highest BCUT2D eigenvalue weighted by Gasteiger charge is 2.24.